The maximum atomic E-state index is 12.5. The smallest absolute Gasteiger partial charge is 0.262 e. The molecule has 0 fully saturated rings. The van der Waals surface area contributed by atoms with E-state index in [0.29, 0.717) is 15.7 Å². The Morgan fingerprint density at radius 2 is 2.09 bits per heavy atom. The summed E-state index contributed by atoms with van der Waals surface area (Å²) >= 11 is 5.21. The molecule has 1 heterocycles. The molecule has 1 amide bonds. The molecular weight excluding hydrogens is 314 g/mol. The monoisotopic (exact) mass is 335 g/mol. The zero-order chi connectivity index (χ0) is 17.0. The van der Waals surface area contributed by atoms with E-state index in [1.54, 1.807) is 18.2 Å². The van der Waals surface area contributed by atoms with Crippen LogP contribution in [0.15, 0.2) is 29.1 Å². The van der Waals surface area contributed by atoms with Crippen LogP contribution in [0.5, 0.6) is 0 Å². The van der Waals surface area contributed by atoms with Gasteiger partial charge < -0.3 is 15.4 Å². The summed E-state index contributed by atoms with van der Waals surface area (Å²) in [5.41, 5.74) is 0.488. The molecule has 0 aliphatic heterocycles. The second-order valence-electron chi connectivity index (χ2n) is 5.70. The molecule has 3 N–H and O–H groups in total. The Kier molecular flexibility index (Phi) is 5.68. The zero-order valence-electron chi connectivity index (χ0n) is 13.2. The number of aliphatic hydroxyl groups excluding tert-OH is 1. The van der Waals surface area contributed by atoms with Gasteiger partial charge in [-0.1, -0.05) is 19.1 Å². The molecule has 2 atom stereocenters. The van der Waals surface area contributed by atoms with Crippen molar-refractivity contribution in [1.29, 1.82) is 0 Å². The first-order chi connectivity index (χ1) is 10.9. The van der Waals surface area contributed by atoms with Gasteiger partial charge in [0, 0.05) is 25.6 Å². The summed E-state index contributed by atoms with van der Waals surface area (Å²) in [6, 6.07) is 7.01. The molecule has 0 aliphatic carbocycles. The van der Waals surface area contributed by atoms with E-state index in [0.717, 1.165) is 0 Å². The second kappa shape index (κ2) is 7.52. The summed E-state index contributed by atoms with van der Waals surface area (Å²) in [7, 11) is 0. The van der Waals surface area contributed by atoms with E-state index in [1.165, 1.54) is 4.57 Å². The van der Waals surface area contributed by atoms with E-state index in [2.05, 4.69) is 10.3 Å². The molecule has 0 spiro atoms. The number of fused-ring (bicyclic) bond motifs is 1. The van der Waals surface area contributed by atoms with Crippen LogP contribution in [0.1, 0.15) is 20.3 Å². The number of aromatic amines is 1. The number of amides is 1. The van der Waals surface area contributed by atoms with Crippen LogP contribution in [0.25, 0.3) is 10.9 Å². The van der Waals surface area contributed by atoms with Gasteiger partial charge in [-0.05, 0) is 37.2 Å². The maximum absolute atomic E-state index is 12.5. The second-order valence-corrected chi connectivity index (χ2v) is 6.09. The summed E-state index contributed by atoms with van der Waals surface area (Å²) in [6.07, 6.45) is 0.151. The molecule has 0 saturated carbocycles. The summed E-state index contributed by atoms with van der Waals surface area (Å²) in [4.78, 5) is 27.4. The van der Waals surface area contributed by atoms with Crippen molar-refractivity contribution in [3.63, 3.8) is 0 Å². The quantitative estimate of drug-likeness (QED) is 0.700. The van der Waals surface area contributed by atoms with E-state index in [1.807, 2.05) is 19.9 Å². The van der Waals surface area contributed by atoms with Crippen molar-refractivity contribution >= 4 is 29.0 Å². The standard InChI is InChI=1S/C16H21N3O3S/c1-10(9-20)11(2)17-14(21)7-8-19-15(22)12-5-3-4-6-13(12)18-16(19)23/h3-6,10-11,20H,7-9H2,1-2H3,(H,17,21)(H,18,23)/t10-,11-/m1/s1. The number of para-hydroxylation sites is 1. The third-order valence-corrected chi connectivity index (χ3v) is 4.30. The molecule has 0 bridgehead atoms. The third-order valence-electron chi connectivity index (χ3n) is 3.98. The van der Waals surface area contributed by atoms with Gasteiger partial charge in [0.2, 0.25) is 5.91 Å². The van der Waals surface area contributed by atoms with Crippen molar-refractivity contribution in [3.8, 4) is 0 Å². The Balaban J connectivity index is 2.12. The lowest BCUT2D eigenvalue weighted by Crippen LogP contribution is -2.39. The summed E-state index contributed by atoms with van der Waals surface area (Å²) in [5.74, 6) is -0.197. The van der Waals surface area contributed by atoms with Crippen LogP contribution in [0.4, 0.5) is 0 Å². The average Bonchev–Trinajstić information content (AvgIpc) is 2.53. The SMILES string of the molecule is C[C@H](CO)[C@@H](C)NC(=O)CCn1c(=S)[nH]c2ccccc2c1=O. The molecular formula is C16H21N3O3S. The third kappa shape index (κ3) is 4.05. The van der Waals surface area contributed by atoms with Crippen LogP contribution < -0.4 is 10.9 Å². The van der Waals surface area contributed by atoms with E-state index in [4.69, 9.17) is 17.3 Å². The van der Waals surface area contributed by atoms with Crippen LogP contribution in [-0.2, 0) is 11.3 Å². The van der Waals surface area contributed by atoms with Crippen LogP contribution >= 0.6 is 12.2 Å². The van der Waals surface area contributed by atoms with Crippen LogP contribution in [-0.4, -0.2) is 33.2 Å². The minimum absolute atomic E-state index is 0.0108. The van der Waals surface area contributed by atoms with Crippen molar-refractivity contribution in [2.45, 2.75) is 32.9 Å². The van der Waals surface area contributed by atoms with Gasteiger partial charge in [0.05, 0.1) is 10.9 Å². The van der Waals surface area contributed by atoms with Crippen molar-refractivity contribution in [2.24, 2.45) is 5.92 Å². The van der Waals surface area contributed by atoms with E-state index in [-0.39, 0.29) is 43.0 Å². The Morgan fingerprint density at radius 3 is 2.78 bits per heavy atom. The number of carbonyl (C=O) groups excluding carboxylic acids is 1. The number of nitrogens with one attached hydrogen (secondary N) is 2. The van der Waals surface area contributed by atoms with Gasteiger partial charge in [0.15, 0.2) is 4.77 Å². The van der Waals surface area contributed by atoms with Crippen LogP contribution in [0, 0.1) is 10.7 Å². The number of rotatable bonds is 6. The molecule has 0 saturated heterocycles. The lowest BCUT2D eigenvalue weighted by atomic mass is 10.1. The van der Waals surface area contributed by atoms with Crippen LogP contribution in [0.3, 0.4) is 0 Å². The first-order valence-electron chi connectivity index (χ1n) is 7.56. The number of carbonyl (C=O) groups is 1. The van der Waals surface area contributed by atoms with E-state index < -0.39 is 0 Å². The minimum Gasteiger partial charge on any atom is -0.396 e. The fraction of sp³-hybridized carbons (Fsp3) is 0.438. The predicted molar refractivity (Wildman–Crippen MR) is 91.9 cm³/mol. The van der Waals surface area contributed by atoms with Gasteiger partial charge in [0.25, 0.3) is 5.56 Å². The van der Waals surface area contributed by atoms with Gasteiger partial charge >= 0.3 is 0 Å². The van der Waals surface area contributed by atoms with Crippen LogP contribution in [0.2, 0.25) is 0 Å². The topological polar surface area (TPSA) is 87.1 Å². The number of H-pyrrole nitrogens is 1. The highest BCUT2D eigenvalue weighted by atomic mass is 32.1. The highest BCUT2D eigenvalue weighted by molar-refractivity contribution is 7.71. The zero-order valence-corrected chi connectivity index (χ0v) is 14.0. The fourth-order valence-electron chi connectivity index (χ4n) is 2.24. The van der Waals surface area contributed by atoms with Crippen molar-refractivity contribution < 1.29 is 9.90 Å². The number of nitrogens with zero attached hydrogens (tertiary/aromatic N) is 1. The molecule has 7 heteroatoms. The molecule has 0 radical (unpaired) electrons. The predicted octanol–water partition coefficient (Wildman–Crippen LogP) is 1.58. The normalized spacial score (nSPS) is 13.7. The van der Waals surface area contributed by atoms with Crippen molar-refractivity contribution in [1.82, 2.24) is 14.9 Å². The summed E-state index contributed by atoms with van der Waals surface area (Å²) in [6.45, 7) is 3.92. The largest absolute Gasteiger partial charge is 0.396 e. The highest BCUT2D eigenvalue weighted by Crippen LogP contribution is 2.06. The first-order valence-corrected chi connectivity index (χ1v) is 7.97. The maximum Gasteiger partial charge on any atom is 0.262 e. The van der Waals surface area contributed by atoms with Gasteiger partial charge in [-0.3, -0.25) is 14.2 Å². The number of aliphatic hydroxyl groups is 1. The number of aromatic nitrogens is 2. The van der Waals surface area contributed by atoms with E-state index in [9.17, 15) is 9.59 Å². The Hall–Kier alpha value is -1.99. The minimum atomic E-state index is -0.200. The Labute approximate surface area is 139 Å². The summed E-state index contributed by atoms with van der Waals surface area (Å²) < 4.78 is 1.70. The van der Waals surface area contributed by atoms with Gasteiger partial charge in [-0.15, -0.1) is 0 Å². The number of hydrogen-bond donors (Lipinski definition) is 3. The molecule has 23 heavy (non-hydrogen) atoms. The molecule has 6 nitrogen and oxygen atoms in total. The molecule has 0 aliphatic rings. The van der Waals surface area contributed by atoms with Gasteiger partial charge in [0.1, 0.15) is 0 Å². The van der Waals surface area contributed by atoms with E-state index >= 15 is 0 Å². The number of hydrogen-bond acceptors (Lipinski definition) is 4. The lowest BCUT2D eigenvalue weighted by molar-refractivity contribution is -0.122. The molecule has 1 aromatic heterocycles. The van der Waals surface area contributed by atoms with Crippen molar-refractivity contribution in [2.75, 3.05) is 6.61 Å². The molecule has 1 aromatic carbocycles. The lowest BCUT2D eigenvalue weighted by Gasteiger charge is -2.19. The summed E-state index contributed by atoms with van der Waals surface area (Å²) in [5, 5.41) is 12.4. The first kappa shape index (κ1) is 17.4. The Morgan fingerprint density at radius 1 is 1.39 bits per heavy atom. The number of benzene rings is 1. The average molecular weight is 335 g/mol. The fourth-order valence-corrected chi connectivity index (χ4v) is 2.53. The Bertz CT molecular complexity index is 812. The molecule has 0 unspecified atom stereocenters. The molecule has 2 aromatic rings. The highest BCUT2D eigenvalue weighted by Gasteiger charge is 2.14. The van der Waals surface area contributed by atoms with Gasteiger partial charge in [-0.2, -0.15) is 0 Å². The molecule has 2 rings (SSSR count). The van der Waals surface area contributed by atoms with Gasteiger partial charge in [-0.25, -0.2) is 0 Å². The van der Waals surface area contributed by atoms with Crippen molar-refractivity contribution in [3.05, 3.63) is 39.4 Å². The molecule has 124 valence electrons.